The summed E-state index contributed by atoms with van der Waals surface area (Å²) in [7, 11) is 0. The molecule has 0 saturated carbocycles. The van der Waals surface area contributed by atoms with Crippen LogP contribution in [0.15, 0.2) is 11.1 Å². The Morgan fingerprint density at radius 1 is 0.958 bits per heavy atom. The van der Waals surface area contributed by atoms with Gasteiger partial charge in [0.05, 0.1) is 25.9 Å². The van der Waals surface area contributed by atoms with E-state index in [4.69, 9.17) is 9.47 Å². The highest BCUT2D eigenvalue weighted by atomic mass is 16.7. The standard InChI is InChI=1S/C15H26O9/c16-2-1-8-9(5-18)7(4-17)3-10(8)23-15-14(22)13(21)12(20)11(6-19)24-15/h8,10-22H,1-6H2/t8-,10-,11-,12-,13-,14-,15-/m1/s1. The Kier molecular flexibility index (Phi) is 7.10. The van der Waals surface area contributed by atoms with Crippen LogP contribution in [0.1, 0.15) is 12.8 Å². The predicted molar refractivity (Wildman–Crippen MR) is 79.6 cm³/mol. The molecule has 9 nitrogen and oxygen atoms in total. The third-order valence-electron chi connectivity index (χ3n) is 4.76. The molecule has 7 atom stereocenters. The summed E-state index contributed by atoms with van der Waals surface area (Å²) in [4.78, 5) is 0. The van der Waals surface area contributed by atoms with Crippen molar-refractivity contribution >= 4 is 0 Å². The molecule has 2 aliphatic rings. The maximum Gasteiger partial charge on any atom is 0.187 e. The highest BCUT2D eigenvalue weighted by Crippen LogP contribution is 2.38. The molecule has 0 aromatic heterocycles. The van der Waals surface area contributed by atoms with Crippen LogP contribution >= 0.6 is 0 Å². The normalized spacial score (nSPS) is 40.4. The Bertz CT molecular complexity index is 439. The molecule has 24 heavy (non-hydrogen) atoms. The van der Waals surface area contributed by atoms with Crippen LogP contribution in [0, 0.1) is 5.92 Å². The zero-order chi connectivity index (χ0) is 17.9. The summed E-state index contributed by atoms with van der Waals surface area (Å²) in [6, 6.07) is 0. The van der Waals surface area contributed by atoms with Crippen LogP contribution in [0.5, 0.6) is 0 Å². The largest absolute Gasteiger partial charge is 0.396 e. The van der Waals surface area contributed by atoms with Gasteiger partial charge in [0.25, 0.3) is 0 Å². The van der Waals surface area contributed by atoms with Gasteiger partial charge in [0.1, 0.15) is 24.4 Å². The van der Waals surface area contributed by atoms with Crippen molar-refractivity contribution in [3.63, 3.8) is 0 Å². The van der Waals surface area contributed by atoms with Gasteiger partial charge < -0.3 is 45.2 Å². The lowest BCUT2D eigenvalue weighted by atomic mass is 9.95. The molecule has 0 unspecified atom stereocenters. The average Bonchev–Trinajstić information content (AvgIpc) is 2.92. The minimum absolute atomic E-state index is 0.151. The molecule has 2 rings (SSSR count). The van der Waals surface area contributed by atoms with Crippen molar-refractivity contribution in [3.8, 4) is 0 Å². The molecule has 1 fully saturated rings. The maximum atomic E-state index is 10.0. The molecule has 0 spiro atoms. The van der Waals surface area contributed by atoms with Crippen LogP contribution < -0.4 is 0 Å². The van der Waals surface area contributed by atoms with E-state index < -0.39 is 43.4 Å². The van der Waals surface area contributed by atoms with Gasteiger partial charge in [-0.3, -0.25) is 0 Å². The van der Waals surface area contributed by atoms with E-state index in [1.54, 1.807) is 0 Å². The third kappa shape index (κ3) is 3.79. The summed E-state index contributed by atoms with van der Waals surface area (Å²) >= 11 is 0. The monoisotopic (exact) mass is 350 g/mol. The molecule has 7 N–H and O–H groups in total. The van der Waals surface area contributed by atoms with Crippen LogP contribution in [0.3, 0.4) is 0 Å². The van der Waals surface area contributed by atoms with Gasteiger partial charge in [-0.25, -0.2) is 0 Å². The van der Waals surface area contributed by atoms with Crippen molar-refractivity contribution in [3.05, 3.63) is 11.1 Å². The molecule has 1 aliphatic heterocycles. The van der Waals surface area contributed by atoms with Gasteiger partial charge >= 0.3 is 0 Å². The second kappa shape index (κ2) is 8.65. The number of aliphatic hydroxyl groups is 7. The maximum absolute atomic E-state index is 10.0. The lowest BCUT2D eigenvalue weighted by Crippen LogP contribution is -2.59. The fraction of sp³-hybridized carbons (Fsp3) is 0.867. The molecule has 0 aromatic carbocycles. The second-order valence-corrected chi connectivity index (χ2v) is 6.14. The van der Waals surface area contributed by atoms with Gasteiger partial charge in [0.15, 0.2) is 6.29 Å². The topological polar surface area (TPSA) is 160 Å². The van der Waals surface area contributed by atoms with Crippen LogP contribution in [-0.4, -0.2) is 99.0 Å². The van der Waals surface area contributed by atoms with Crippen molar-refractivity contribution in [2.24, 2.45) is 5.92 Å². The highest BCUT2D eigenvalue weighted by Gasteiger charge is 2.46. The first-order valence-electron chi connectivity index (χ1n) is 7.97. The van der Waals surface area contributed by atoms with Gasteiger partial charge in [0, 0.05) is 12.5 Å². The molecule has 1 aliphatic carbocycles. The summed E-state index contributed by atoms with van der Waals surface area (Å²) in [6.07, 6.45) is -6.90. The Labute approximate surface area is 139 Å². The minimum Gasteiger partial charge on any atom is -0.396 e. The molecule has 0 aromatic rings. The number of aliphatic hydroxyl groups excluding tert-OH is 7. The van der Waals surface area contributed by atoms with E-state index in [0.717, 1.165) is 0 Å². The van der Waals surface area contributed by atoms with E-state index in [1.165, 1.54) is 0 Å². The van der Waals surface area contributed by atoms with Gasteiger partial charge in [-0.15, -0.1) is 0 Å². The average molecular weight is 350 g/mol. The van der Waals surface area contributed by atoms with Gasteiger partial charge in [-0.2, -0.15) is 0 Å². The third-order valence-corrected chi connectivity index (χ3v) is 4.76. The summed E-state index contributed by atoms with van der Waals surface area (Å²) < 4.78 is 11.0. The van der Waals surface area contributed by atoms with Crippen LogP contribution in [0.2, 0.25) is 0 Å². The first kappa shape index (κ1) is 19.7. The van der Waals surface area contributed by atoms with E-state index in [0.29, 0.717) is 17.6 Å². The lowest BCUT2D eigenvalue weighted by molar-refractivity contribution is -0.313. The fourth-order valence-corrected chi connectivity index (χ4v) is 3.39. The number of ether oxygens (including phenoxy) is 2. The summed E-state index contributed by atoms with van der Waals surface area (Å²) in [5, 5.41) is 67.0. The Balaban J connectivity index is 2.11. The predicted octanol–water partition coefficient (Wildman–Crippen LogP) is -3.14. The van der Waals surface area contributed by atoms with E-state index in [9.17, 15) is 35.7 Å². The van der Waals surface area contributed by atoms with Crippen molar-refractivity contribution < 1.29 is 45.2 Å². The molecular weight excluding hydrogens is 324 g/mol. The number of rotatable bonds is 7. The SMILES string of the molecule is OCC[C@@H]1C(CO)=C(CO)C[C@H]1O[C@@H]1O[C@H](CO)[C@@H](O)[C@@H](O)[C@H]1O. The molecule has 1 heterocycles. The van der Waals surface area contributed by atoms with Crippen LogP contribution in [0.25, 0.3) is 0 Å². The molecule has 1 saturated heterocycles. The van der Waals surface area contributed by atoms with Gasteiger partial charge in [-0.1, -0.05) is 0 Å². The van der Waals surface area contributed by atoms with Gasteiger partial charge in [0.2, 0.25) is 0 Å². The smallest absolute Gasteiger partial charge is 0.187 e. The summed E-state index contributed by atoms with van der Waals surface area (Å²) in [6.45, 7) is -1.25. The highest BCUT2D eigenvalue weighted by molar-refractivity contribution is 5.26. The van der Waals surface area contributed by atoms with Crippen molar-refractivity contribution in [2.75, 3.05) is 26.4 Å². The number of hydrogen-bond acceptors (Lipinski definition) is 9. The van der Waals surface area contributed by atoms with Crippen LogP contribution in [0.4, 0.5) is 0 Å². The molecular formula is C15H26O9. The van der Waals surface area contributed by atoms with Crippen LogP contribution in [-0.2, 0) is 9.47 Å². The lowest BCUT2D eigenvalue weighted by Gasteiger charge is -2.41. The molecule has 0 radical (unpaired) electrons. The number of hydrogen-bond donors (Lipinski definition) is 7. The first-order valence-corrected chi connectivity index (χ1v) is 7.97. The summed E-state index contributed by atoms with van der Waals surface area (Å²) in [5.74, 6) is -0.366. The van der Waals surface area contributed by atoms with Crippen molar-refractivity contribution in [2.45, 2.75) is 49.7 Å². The Hall–Kier alpha value is -0.620. The van der Waals surface area contributed by atoms with Gasteiger partial charge in [-0.05, 0) is 24.0 Å². The quantitative estimate of drug-likeness (QED) is 0.235. The zero-order valence-corrected chi connectivity index (χ0v) is 13.2. The van der Waals surface area contributed by atoms with E-state index in [2.05, 4.69) is 0 Å². The van der Waals surface area contributed by atoms with Crippen molar-refractivity contribution in [1.29, 1.82) is 0 Å². The minimum atomic E-state index is -1.54. The second-order valence-electron chi connectivity index (χ2n) is 6.14. The van der Waals surface area contributed by atoms with E-state index >= 15 is 0 Å². The fourth-order valence-electron chi connectivity index (χ4n) is 3.39. The van der Waals surface area contributed by atoms with E-state index in [-0.39, 0.29) is 32.2 Å². The Morgan fingerprint density at radius 2 is 1.67 bits per heavy atom. The first-order chi connectivity index (χ1) is 11.5. The Morgan fingerprint density at radius 3 is 2.21 bits per heavy atom. The van der Waals surface area contributed by atoms with E-state index in [1.807, 2.05) is 0 Å². The molecule has 140 valence electrons. The molecule has 0 amide bonds. The van der Waals surface area contributed by atoms with Crippen molar-refractivity contribution in [1.82, 2.24) is 0 Å². The molecule has 9 heteroatoms. The summed E-state index contributed by atoms with van der Waals surface area (Å²) in [5.41, 5.74) is 1.19. The zero-order valence-electron chi connectivity index (χ0n) is 13.2. The molecule has 0 bridgehead atoms.